The molecule has 1 unspecified atom stereocenters. The molecule has 182 valence electrons. The maximum atomic E-state index is 12.6. The summed E-state index contributed by atoms with van der Waals surface area (Å²) in [5.41, 5.74) is 4.06. The Bertz CT molecular complexity index is 1560. The van der Waals surface area contributed by atoms with Crippen LogP contribution in [0.5, 0.6) is 5.75 Å². The number of hydrogen-bond donors (Lipinski definition) is 2. The third kappa shape index (κ3) is 4.15. The summed E-state index contributed by atoms with van der Waals surface area (Å²) >= 11 is 1.66. The van der Waals surface area contributed by atoms with Crippen LogP contribution in [0.2, 0.25) is 0 Å². The highest BCUT2D eigenvalue weighted by molar-refractivity contribution is 7.19. The molecule has 2 aromatic carbocycles. The van der Waals surface area contributed by atoms with E-state index < -0.39 is 0 Å². The van der Waals surface area contributed by atoms with Crippen LogP contribution in [0.3, 0.4) is 0 Å². The molecule has 3 aromatic heterocycles. The van der Waals surface area contributed by atoms with Crippen LogP contribution >= 0.6 is 11.3 Å². The number of aromatic amines is 1. The van der Waals surface area contributed by atoms with Gasteiger partial charge in [-0.25, -0.2) is 9.97 Å². The predicted octanol–water partition coefficient (Wildman–Crippen LogP) is 5.08. The molecule has 0 spiro atoms. The zero-order valence-corrected chi connectivity index (χ0v) is 20.9. The smallest absolute Gasteiger partial charge is 0.225 e. The van der Waals surface area contributed by atoms with E-state index in [0.29, 0.717) is 12.4 Å². The minimum absolute atomic E-state index is 0.0198. The number of thiophene rings is 1. The minimum Gasteiger partial charge on any atom is -0.487 e. The van der Waals surface area contributed by atoms with Crippen molar-refractivity contribution >= 4 is 49.9 Å². The molecule has 8 nitrogen and oxygen atoms in total. The van der Waals surface area contributed by atoms with Crippen LogP contribution in [0, 0.1) is 5.92 Å². The van der Waals surface area contributed by atoms with E-state index in [4.69, 9.17) is 4.74 Å². The van der Waals surface area contributed by atoms with Gasteiger partial charge in [0.1, 0.15) is 29.3 Å². The number of H-pyrrole nitrogens is 1. The molecule has 2 N–H and O–H groups in total. The van der Waals surface area contributed by atoms with E-state index in [1.807, 2.05) is 56.6 Å². The Morgan fingerprint density at radius 1 is 1.22 bits per heavy atom. The van der Waals surface area contributed by atoms with Gasteiger partial charge in [-0.3, -0.25) is 9.89 Å². The van der Waals surface area contributed by atoms with E-state index in [0.717, 1.165) is 57.5 Å². The van der Waals surface area contributed by atoms with Crippen molar-refractivity contribution in [3.05, 3.63) is 71.0 Å². The van der Waals surface area contributed by atoms with Crippen molar-refractivity contribution in [2.24, 2.45) is 5.92 Å². The summed E-state index contributed by atoms with van der Waals surface area (Å²) in [7, 11) is 3.65. The van der Waals surface area contributed by atoms with Gasteiger partial charge in [-0.05, 0) is 36.5 Å². The van der Waals surface area contributed by atoms with E-state index in [2.05, 4.69) is 25.5 Å². The first-order valence-corrected chi connectivity index (χ1v) is 12.8. The van der Waals surface area contributed by atoms with E-state index in [1.54, 1.807) is 28.8 Å². The molecule has 3 heterocycles. The first-order valence-electron chi connectivity index (χ1n) is 11.9. The van der Waals surface area contributed by atoms with Crippen molar-refractivity contribution in [1.29, 1.82) is 0 Å². The van der Waals surface area contributed by atoms with Crippen LogP contribution in [-0.4, -0.2) is 45.1 Å². The largest absolute Gasteiger partial charge is 0.487 e. The molecule has 1 amide bonds. The first kappa shape index (κ1) is 22.5. The Kier molecular flexibility index (Phi) is 5.77. The van der Waals surface area contributed by atoms with Gasteiger partial charge < -0.3 is 15.0 Å². The number of aryl methyl sites for hydroxylation is 1. The fraction of sp³-hybridized carbons (Fsp3) is 0.259. The van der Waals surface area contributed by atoms with Gasteiger partial charge in [-0.15, -0.1) is 11.3 Å². The lowest BCUT2D eigenvalue weighted by atomic mass is 9.87. The molecule has 1 aliphatic carbocycles. The Labute approximate surface area is 212 Å². The van der Waals surface area contributed by atoms with Gasteiger partial charge in [0.25, 0.3) is 0 Å². The molecule has 1 aliphatic rings. The lowest BCUT2D eigenvalue weighted by molar-refractivity contribution is -0.133. The molecule has 1 atom stereocenters. The summed E-state index contributed by atoms with van der Waals surface area (Å²) in [5, 5.41) is 12.8. The molecular weight excluding hydrogens is 472 g/mol. The fourth-order valence-corrected chi connectivity index (χ4v) is 6.10. The Balaban J connectivity index is 1.35. The number of ether oxygens (including phenoxy) is 1. The number of fused-ring (bicyclic) bond motifs is 4. The number of benzene rings is 2. The maximum Gasteiger partial charge on any atom is 0.225 e. The van der Waals surface area contributed by atoms with Gasteiger partial charge in [-0.1, -0.05) is 30.3 Å². The summed E-state index contributed by atoms with van der Waals surface area (Å²) in [5.74, 6) is 1.67. The van der Waals surface area contributed by atoms with Gasteiger partial charge in [0, 0.05) is 36.3 Å². The normalized spacial score (nSPS) is 15.1. The third-order valence-electron chi connectivity index (χ3n) is 6.67. The molecule has 0 radical (unpaired) electrons. The molecule has 5 aromatic rings. The van der Waals surface area contributed by atoms with Crippen molar-refractivity contribution < 1.29 is 9.53 Å². The Morgan fingerprint density at radius 3 is 2.92 bits per heavy atom. The fourth-order valence-electron chi connectivity index (χ4n) is 4.83. The Hall–Kier alpha value is -3.98. The molecule has 6 rings (SSSR count). The second-order valence-electron chi connectivity index (χ2n) is 9.28. The van der Waals surface area contributed by atoms with Crippen LogP contribution in [0.25, 0.3) is 21.1 Å². The van der Waals surface area contributed by atoms with Crippen molar-refractivity contribution in [3.8, 4) is 5.75 Å². The molecular formula is C27H26N6O2S. The summed E-state index contributed by atoms with van der Waals surface area (Å²) in [6.45, 7) is 0.448. The van der Waals surface area contributed by atoms with E-state index in [1.165, 1.54) is 10.4 Å². The average molecular weight is 499 g/mol. The average Bonchev–Trinajstić information content (AvgIpc) is 3.51. The van der Waals surface area contributed by atoms with Crippen LogP contribution in [0.4, 0.5) is 11.5 Å². The number of anilines is 2. The number of rotatable bonds is 6. The number of carbonyl (C=O) groups is 1. The van der Waals surface area contributed by atoms with Gasteiger partial charge in [0.2, 0.25) is 5.91 Å². The molecule has 9 heteroatoms. The minimum atomic E-state index is 0.0198. The standard InChI is InChI=1S/C27H26N6O2S/c1-33(2)27(34)17-8-9-19-23(11-17)36-26-24(19)25(28-15-29-26)31-21-10-18-13-30-32-20(18)12-22(21)35-14-16-6-4-3-5-7-16/h3-7,10,12-13,15,17H,8-9,11,14H2,1-2H3,(H,30,32)(H,28,29,31). The number of hydrogen-bond acceptors (Lipinski definition) is 7. The highest BCUT2D eigenvalue weighted by atomic mass is 32.1. The van der Waals surface area contributed by atoms with E-state index in [9.17, 15) is 4.79 Å². The predicted molar refractivity (Wildman–Crippen MR) is 142 cm³/mol. The highest BCUT2D eigenvalue weighted by Crippen LogP contribution is 2.42. The van der Waals surface area contributed by atoms with Crippen LogP contribution < -0.4 is 10.1 Å². The highest BCUT2D eigenvalue weighted by Gasteiger charge is 2.30. The van der Waals surface area contributed by atoms with Crippen molar-refractivity contribution in [2.45, 2.75) is 25.9 Å². The lowest BCUT2D eigenvalue weighted by Gasteiger charge is -2.24. The van der Waals surface area contributed by atoms with Gasteiger partial charge >= 0.3 is 0 Å². The van der Waals surface area contributed by atoms with E-state index in [-0.39, 0.29) is 11.8 Å². The number of amides is 1. The summed E-state index contributed by atoms with van der Waals surface area (Å²) in [6.07, 6.45) is 5.80. The van der Waals surface area contributed by atoms with Crippen molar-refractivity contribution in [2.75, 3.05) is 19.4 Å². The topological polar surface area (TPSA) is 96.0 Å². The molecule has 0 saturated heterocycles. The third-order valence-corrected chi connectivity index (χ3v) is 7.83. The Morgan fingerprint density at radius 2 is 2.08 bits per heavy atom. The summed E-state index contributed by atoms with van der Waals surface area (Å²) in [4.78, 5) is 25.6. The van der Waals surface area contributed by atoms with Crippen LogP contribution in [-0.2, 0) is 24.2 Å². The molecule has 36 heavy (non-hydrogen) atoms. The number of aromatic nitrogens is 4. The second kappa shape index (κ2) is 9.23. The van der Waals surface area contributed by atoms with Gasteiger partial charge in [0.05, 0.1) is 22.8 Å². The van der Waals surface area contributed by atoms with Crippen molar-refractivity contribution in [1.82, 2.24) is 25.1 Å². The lowest BCUT2D eigenvalue weighted by Crippen LogP contribution is -2.32. The molecule has 0 bridgehead atoms. The van der Waals surface area contributed by atoms with E-state index >= 15 is 0 Å². The van der Waals surface area contributed by atoms with Crippen LogP contribution in [0.1, 0.15) is 22.4 Å². The summed E-state index contributed by atoms with van der Waals surface area (Å²) < 4.78 is 6.25. The number of nitrogens with one attached hydrogen (secondary N) is 2. The quantitative estimate of drug-likeness (QED) is 0.339. The zero-order chi connectivity index (χ0) is 24.6. The second-order valence-corrected chi connectivity index (χ2v) is 10.4. The summed E-state index contributed by atoms with van der Waals surface area (Å²) in [6, 6.07) is 14.1. The van der Waals surface area contributed by atoms with Gasteiger partial charge in [-0.2, -0.15) is 5.10 Å². The van der Waals surface area contributed by atoms with Crippen LogP contribution in [0.15, 0.2) is 55.0 Å². The SMILES string of the molecule is CN(C)C(=O)C1CCc2c(sc3ncnc(Nc4cc5cn[nH]c5cc4OCc4ccccc4)c23)C1. The van der Waals surface area contributed by atoms with Crippen molar-refractivity contribution in [3.63, 3.8) is 0 Å². The zero-order valence-electron chi connectivity index (χ0n) is 20.1. The first-order chi connectivity index (χ1) is 17.6. The van der Waals surface area contributed by atoms with Gasteiger partial charge in [0.15, 0.2) is 0 Å². The monoisotopic (exact) mass is 498 g/mol. The molecule has 0 aliphatic heterocycles. The number of carbonyl (C=O) groups excluding carboxylic acids is 1. The number of nitrogens with zero attached hydrogens (tertiary/aromatic N) is 4. The molecule has 0 saturated carbocycles. The maximum absolute atomic E-state index is 12.6. The molecule has 0 fully saturated rings.